The molecule has 3 heterocycles. The summed E-state index contributed by atoms with van der Waals surface area (Å²) in [6.07, 6.45) is 2.79. The summed E-state index contributed by atoms with van der Waals surface area (Å²) in [7, 11) is -3.47. The average Bonchev–Trinajstić information content (AvgIpc) is 3.37. The van der Waals surface area contributed by atoms with E-state index in [1.54, 1.807) is 16.4 Å². The molecule has 5 rings (SSSR count). The Hall–Kier alpha value is -2.19. The maximum absolute atomic E-state index is 13.0. The van der Waals surface area contributed by atoms with E-state index in [-0.39, 0.29) is 0 Å². The van der Waals surface area contributed by atoms with Crippen molar-refractivity contribution in [3.8, 4) is 0 Å². The van der Waals surface area contributed by atoms with Gasteiger partial charge in [-0.3, -0.25) is 0 Å². The van der Waals surface area contributed by atoms with Crippen molar-refractivity contribution in [1.29, 1.82) is 0 Å². The third-order valence-corrected chi connectivity index (χ3v) is 10.4. The van der Waals surface area contributed by atoms with E-state index in [9.17, 15) is 8.42 Å². The lowest BCUT2D eigenvalue weighted by molar-refractivity contribution is 0.442. The molecular weight excluding hydrogens is 516 g/mol. The third kappa shape index (κ3) is 4.12. The molecule has 4 nitrogen and oxygen atoms in total. The zero-order valence-electron chi connectivity index (χ0n) is 18.6. The highest BCUT2D eigenvalue weighted by molar-refractivity contribution is 9.11. The molecule has 1 aliphatic heterocycles. The van der Waals surface area contributed by atoms with Crippen LogP contribution >= 0.6 is 27.3 Å². The van der Waals surface area contributed by atoms with Gasteiger partial charge >= 0.3 is 0 Å². The lowest BCUT2D eigenvalue weighted by Crippen LogP contribution is -2.34. The number of rotatable bonds is 5. The number of fused-ring (bicyclic) bond motifs is 1. The Bertz CT molecular complexity index is 1480. The van der Waals surface area contributed by atoms with Crippen molar-refractivity contribution in [3.63, 3.8) is 0 Å². The Morgan fingerprint density at radius 1 is 1.00 bits per heavy atom. The molecule has 0 saturated heterocycles. The predicted octanol–water partition coefficient (Wildman–Crippen LogP) is 6.61. The maximum Gasteiger partial charge on any atom is 0.252 e. The first kappa shape index (κ1) is 22.6. The lowest BCUT2D eigenvalue weighted by Gasteiger charge is -2.25. The standard InChI is InChI=1S/C26H25BrN2O2S2/c1-18-7-3-4-8-21(18)17-29-19(2)26(22-9-5-6-10-23(22)29)20-13-15-28(16-14-20)33(30,31)25-12-11-24(27)32-25/h3-13H,14-17H2,1-2H3. The fourth-order valence-corrected chi connectivity index (χ4v) is 8.20. The zero-order chi connectivity index (χ0) is 23.2. The van der Waals surface area contributed by atoms with Crippen LogP contribution in [0.15, 0.2) is 74.7 Å². The Balaban J connectivity index is 1.51. The summed E-state index contributed by atoms with van der Waals surface area (Å²) in [5.74, 6) is 0. The molecule has 2 aromatic carbocycles. The molecular formula is C26H25BrN2O2S2. The number of thiophene rings is 1. The second kappa shape index (κ2) is 8.87. The highest BCUT2D eigenvalue weighted by Crippen LogP contribution is 2.36. The summed E-state index contributed by atoms with van der Waals surface area (Å²) in [4.78, 5) is 0. The minimum absolute atomic E-state index is 0.386. The van der Waals surface area contributed by atoms with Crippen molar-refractivity contribution in [3.05, 3.63) is 92.9 Å². The van der Waals surface area contributed by atoms with Gasteiger partial charge in [-0.25, -0.2) is 8.42 Å². The predicted molar refractivity (Wildman–Crippen MR) is 140 cm³/mol. The lowest BCUT2D eigenvalue weighted by atomic mass is 9.97. The van der Waals surface area contributed by atoms with Crippen molar-refractivity contribution in [2.45, 2.75) is 31.0 Å². The summed E-state index contributed by atoms with van der Waals surface area (Å²) in [5, 5.41) is 1.23. The number of halogens is 1. The number of nitrogens with zero attached hydrogens (tertiary/aromatic N) is 2. The number of aryl methyl sites for hydroxylation is 1. The van der Waals surface area contributed by atoms with Crippen LogP contribution in [0.4, 0.5) is 0 Å². The van der Waals surface area contributed by atoms with Gasteiger partial charge in [-0.05, 0) is 71.1 Å². The van der Waals surface area contributed by atoms with Gasteiger partial charge in [0, 0.05) is 41.8 Å². The van der Waals surface area contributed by atoms with E-state index in [1.807, 2.05) is 0 Å². The Morgan fingerprint density at radius 3 is 2.45 bits per heavy atom. The van der Waals surface area contributed by atoms with Gasteiger partial charge in [-0.1, -0.05) is 48.5 Å². The van der Waals surface area contributed by atoms with Crippen molar-refractivity contribution in [2.24, 2.45) is 0 Å². The van der Waals surface area contributed by atoms with Crippen molar-refractivity contribution in [2.75, 3.05) is 13.1 Å². The summed E-state index contributed by atoms with van der Waals surface area (Å²) in [6.45, 7) is 6.03. The zero-order valence-corrected chi connectivity index (χ0v) is 21.8. The van der Waals surface area contributed by atoms with Gasteiger partial charge in [0.05, 0.1) is 3.79 Å². The molecule has 33 heavy (non-hydrogen) atoms. The van der Waals surface area contributed by atoms with Crippen LogP contribution in [-0.2, 0) is 16.6 Å². The SMILES string of the molecule is Cc1ccccc1Cn1c(C)c(C2=CCN(S(=O)(=O)c3ccc(Br)s3)CC2)c2ccccc21. The molecule has 0 unspecified atom stereocenters. The molecule has 7 heteroatoms. The number of aromatic nitrogens is 1. The molecule has 0 fully saturated rings. The molecule has 0 amide bonds. The minimum Gasteiger partial charge on any atom is -0.340 e. The maximum atomic E-state index is 13.0. The van der Waals surface area contributed by atoms with Crippen LogP contribution in [0.2, 0.25) is 0 Å². The highest BCUT2D eigenvalue weighted by Gasteiger charge is 2.29. The molecule has 0 radical (unpaired) electrons. The number of benzene rings is 2. The first-order valence-electron chi connectivity index (χ1n) is 10.9. The van der Waals surface area contributed by atoms with Crippen molar-refractivity contribution in [1.82, 2.24) is 8.87 Å². The fourth-order valence-electron chi connectivity index (χ4n) is 4.66. The van der Waals surface area contributed by atoms with Gasteiger partial charge in [0.15, 0.2) is 0 Å². The minimum atomic E-state index is -3.47. The number of para-hydroxylation sites is 1. The molecule has 170 valence electrons. The summed E-state index contributed by atoms with van der Waals surface area (Å²) < 4.78 is 31.3. The van der Waals surface area contributed by atoms with E-state index in [4.69, 9.17) is 0 Å². The van der Waals surface area contributed by atoms with Crippen LogP contribution in [-0.4, -0.2) is 30.4 Å². The van der Waals surface area contributed by atoms with Gasteiger partial charge in [0.1, 0.15) is 4.21 Å². The molecule has 0 bridgehead atoms. The average molecular weight is 542 g/mol. The van der Waals surface area contributed by atoms with Gasteiger partial charge in [0.2, 0.25) is 0 Å². The second-order valence-electron chi connectivity index (χ2n) is 8.39. The molecule has 0 atom stereocenters. The van der Waals surface area contributed by atoms with Crippen LogP contribution in [0.3, 0.4) is 0 Å². The van der Waals surface area contributed by atoms with Crippen LogP contribution in [0, 0.1) is 13.8 Å². The smallest absolute Gasteiger partial charge is 0.252 e. The van der Waals surface area contributed by atoms with E-state index in [0.29, 0.717) is 23.7 Å². The van der Waals surface area contributed by atoms with Gasteiger partial charge < -0.3 is 4.57 Å². The van der Waals surface area contributed by atoms with E-state index < -0.39 is 10.0 Å². The molecule has 0 spiro atoms. The molecule has 0 aliphatic carbocycles. The van der Waals surface area contributed by atoms with Crippen LogP contribution in [0.1, 0.15) is 28.8 Å². The van der Waals surface area contributed by atoms with Crippen molar-refractivity contribution < 1.29 is 8.42 Å². The quantitative estimate of drug-likeness (QED) is 0.286. The topological polar surface area (TPSA) is 42.3 Å². The van der Waals surface area contributed by atoms with Gasteiger partial charge in [-0.15, -0.1) is 11.3 Å². The summed E-state index contributed by atoms with van der Waals surface area (Å²) >= 11 is 4.63. The van der Waals surface area contributed by atoms with Crippen molar-refractivity contribution >= 4 is 53.8 Å². The molecule has 4 aromatic rings. The van der Waals surface area contributed by atoms with E-state index in [2.05, 4.69) is 89.0 Å². The second-order valence-corrected chi connectivity index (χ2v) is 13.0. The summed E-state index contributed by atoms with van der Waals surface area (Å²) in [6, 6.07) is 20.5. The normalized spacial score (nSPS) is 15.2. The van der Waals surface area contributed by atoms with Gasteiger partial charge in [0.25, 0.3) is 10.0 Å². The summed E-state index contributed by atoms with van der Waals surface area (Å²) in [5.41, 5.74) is 7.51. The molecule has 0 N–H and O–H groups in total. The Labute approximate surface area is 207 Å². The van der Waals surface area contributed by atoms with Crippen LogP contribution in [0.5, 0.6) is 0 Å². The number of hydrogen-bond donors (Lipinski definition) is 0. The molecule has 2 aromatic heterocycles. The molecule has 0 saturated carbocycles. The van der Waals surface area contributed by atoms with Crippen LogP contribution in [0.25, 0.3) is 16.5 Å². The first-order chi connectivity index (χ1) is 15.9. The van der Waals surface area contributed by atoms with E-state index >= 15 is 0 Å². The highest BCUT2D eigenvalue weighted by atomic mass is 79.9. The largest absolute Gasteiger partial charge is 0.340 e. The number of sulfonamides is 1. The first-order valence-corrected chi connectivity index (χ1v) is 14.0. The van der Waals surface area contributed by atoms with Gasteiger partial charge in [-0.2, -0.15) is 4.31 Å². The van der Waals surface area contributed by atoms with Crippen LogP contribution < -0.4 is 0 Å². The van der Waals surface area contributed by atoms with E-state index in [0.717, 1.165) is 10.3 Å². The Morgan fingerprint density at radius 2 is 1.76 bits per heavy atom. The molecule has 1 aliphatic rings. The van der Waals surface area contributed by atoms with E-state index in [1.165, 1.54) is 50.2 Å². The fraction of sp³-hybridized carbons (Fsp3) is 0.231. The number of hydrogen-bond acceptors (Lipinski definition) is 3. The Kier molecular flexibility index (Phi) is 6.07. The monoisotopic (exact) mass is 540 g/mol. The third-order valence-electron chi connectivity index (χ3n) is 6.46.